The summed E-state index contributed by atoms with van der Waals surface area (Å²) in [6, 6.07) is -0.434. The van der Waals surface area contributed by atoms with Crippen molar-refractivity contribution in [2.24, 2.45) is 5.92 Å². The van der Waals surface area contributed by atoms with Crippen LogP contribution in [0.5, 0.6) is 6.01 Å². The standard InChI is InChI=1S/C12H19ClN4O3/c1-5-20-12-16-10(13)15-11(17-12)14-8(6-7(2)3)9(18)19-4/h7-8H,5-6H2,1-4H3,(H,14,15,16,17). The van der Waals surface area contributed by atoms with Gasteiger partial charge in [0.15, 0.2) is 0 Å². The van der Waals surface area contributed by atoms with E-state index in [0.717, 1.165) is 0 Å². The predicted molar refractivity (Wildman–Crippen MR) is 74.9 cm³/mol. The Bertz CT molecular complexity index is 456. The average molecular weight is 303 g/mol. The lowest BCUT2D eigenvalue weighted by atomic mass is 10.0. The summed E-state index contributed by atoms with van der Waals surface area (Å²) in [4.78, 5) is 23.5. The van der Waals surface area contributed by atoms with E-state index in [0.29, 0.717) is 18.9 Å². The third-order valence-electron chi connectivity index (χ3n) is 2.36. The van der Waals surface area contributed by atoms with E-state index >= 15 is 0 Å². The van der Waals surface area contributed by atoms with Gasteiger partial charge in [-0.15, -0.1) is 0 Å². The van der Waals surface area contributed by atoms with Crippen molar-refractivity contribution in [2.45, 2.75) is 33.2 Å². The van der Waals surface area contributed by atoms with Crippen molar-refractivity contribution in [3.63, 3.8) is 0 Å². The second kappa shape index (κ2) is 7.84. The van der Waals surface area contributed by atoms with Crippen LogP contribution >= 0.6 is 11.6 Å². The van der Waals surface area contributed by atoms with Crippen LogP contribution in [-0.2, 0) is 9.53 Å². The predicted octanol–water partition coefficient (Wildman–Crippen LogP) is 1.92. The molecule has 8 heteroatoms. The monoisotopic (exact) mass is 302 g/mol. The minimum Gasteiger partial charge on any atom is -0.467 e. The van der Waals surface area contributed by atoms with Crippen molar-refractivity contribution in [2.75, 3.05) is 19.0 Å². The Kier molecular flexibility index (Phi) is 6.44. The van der Waals surface area contributed by atoms with E-state index in [1.165, 1.54) is 7.11 Å². The van der Waals surface area contributed by atoms with E-state index in [1.54, 1.807) is 6.92 Å². The van der Waals surface area contributed by atoms with Crippen LogP contribution < -0.4 is 10.1 Å². The van der Waals surface area contributed by atoms with Crippen molar-refractivity contribution in [1.82, 2.24) is 15.0 Å². The number of carbonyl (C=O) groups excluding carboxylic acids is 1. The number of carbonyl (C=O) groups is 1. The second-order valence-electron chi connectivity index (χ2n) is 4.49. The van der Waals surface area contributed by atoms with Gasteiger partial charge in [0.25, 0.3) is 0 Å². The summed E-state index contributed by atoms with van der Waals surface area (Å²) in [5, 5.41) is 2.90. The van der Waals surface area contributed by atoms with E-state index in [-0.39, 0.29) is 23.2 Å². The van der Waals surface area contributed by atoms with Gasteiger partial charge in [-0.05, 0) is 30.9 Å². The molecule has 0 saturated carbocycles. The first-order valence-corrected chi connectivity index (χ1v) is 6.72. The number of anilines is 1. The van der Waals surface area contributed by atoms with Crippen LogP contribution in [0.4, 0.5) is 5.95 Å². The van der Waals surface area contributed by atoms with E-state index in [9.17, 15) is 4.79 Å². The summed E-state index contributed by atoms with van der Waals surface area (Å²) in [6.45, 7) is 6.22. The van der Waals surface area contributed by atoms with Crippen LogP contribution in [0.15, 0.2) is 0 Å². The number of ether oxygens (including phenoxy) is 2. The SMILES string of the molecule is CCOc1nc(Cl)nc(NC(CC(C)C)C(=O)OC)n1. The van der Waals surface area contributed by atoms with Crippen molar-refractivity contribution < 1.29 is 14.3 Å². The third kappa shape index (κ3) is 5.16. The number of hydrogen-bond acceptors (Lipinski definition) is 7. The van der Waals surface area contributed by atoms with Crippen LogP contribution in [0, 0.1) is 5.92 Å². The molecule has 1 aromatic heterocycles. The molecule has 0 aliphatic heterocycles. The second-order valence-corrected chi connectivity index (χ2v) is 4.83. The highest BCUT2D eigenvalue weighted by Gasteiger charge is 2.22. The maximum absolute atomic E-state index is 11.7. The number of methoxy groups -OCH3 is 1. The molecule has 0 aromatic carbocycles. The van der Waals surface area contributed by atoms with Gasteiger partial charge in [0.05, 0.1) is 13.7 Å². The lowest BCUT2D eigenvalue weighted by Gasteiger charge is -2.18. The molecular formula is C12H19ClN4O3. The average Bonchev–Trinajstić information content (AvgIpc) is 2.36. The molecule has 0 fully saturated rings. The molecule has 0 bridgehead atoms. The van der Waals surface area contributed by atoms with Crippen LogP contribution in [-0.4, -0.2) is 40.7 Å². The Hall–Kier alpha value is -1.63. The lowest BCUT2D eigenvalue weighted by Crippen LogP contribution is -2.33. The topological polar surface area (TPSA) is 86.2 Å². The molecule has 1 atom stereocenters. The maximum atomic E-state index is 11.7. The number of esters is 1. The van der Waals surface area contributed by atoms with Gasteiger partial charge in [-0.1, -0.05) is 13.8 Å². The molecule has 1 aromatic rings. The molecular weight excluding hydrogens is 284 g/mol. The fourth-order valence-electron chi connectivity index (χ4n) is 1.57. The minimum atomic E-state index is -0.548. The summed E-state index contributed by atoms with van der Waals surface area (Å²) in [6.07, 6.45) is 0.583. The Morgan fingerprint density at radius 3 is 2.60 bits per heavy atom. The zero-order valence-corrected chi connectivity index (χ0v) is 12.8. The fraction of sp³-hybridized carbons (Fsp3) is 0.667. The first-order chi connectivity index (χ1) is 9.46. The summed E-state index contributed by atoms with van der Waals surface area (Å²) in [5.74, 6) is 0.105. The molecule has 0 spiro atoms. The molecule has 0 aliphatic rings. The van der Waals surface area contributed by atoms with Gasteiger partial charge in [0.2, 0.25) is 11.2 Å². The maximum Gasteiger partial charge on any atom is 0.328 e. The first-order valence-electron chi connectivity index (χ1n) is 6.35. The van der Waals surface area contributed by atoms with Crippen molar-refractivity contribution in [3.8, 4) is 6.01 Å². The van der Waals surface area contributed by atoms with Crippen molar-refractivity contribution >= 4 is 23.5 Å². The van der Waals surface area contributed by atoms with Crippen LogP contribution in [0.3, 0.4) is 0 Å². The number of nitrogens with zero attached hydrogens (tertiary/aromatic N) is 3. The third-order valence-corrected chi connectivity index (χ3v) is 2.53. The smallest absolute Gasteiger partial charge is 0.328 e. The quantitative estimate of drug-likeness (QED) is 0.770. The molecule has 7 nitrogen and oxygen atoms in total. The lowest BCUT2D eigenvalue weighted by molar-refractivity contribution is -0.141. The zero-order chi connectivity index (χ0) is 15.1. The molecule has 1 unspecified atom stereocenters. The van der Waals surface area contributed by atoms with E-state index < -0.39 is 6.04 Å². The van der Waals surface area contributed by atoms with Crippen LogP contribution in [0.25, 0.3) is 0 Å². The molecule has 0 radical (unpaired) electrons. The largest absolute Gasteiger partial charge is 0.467 e. The van der Waals surface area contributed by atoms with E-state index in [4.69, 9.17) is 21.1 Å². The zero-order valence-electron chi connectivity index (χ0n) is 12.0. The molecule has 0 amide bonds. The number of aromatic nitrogens is 3. The molecule has 1 rings (SSSR count). The summed E-state index contributed by atoms with van der Waals surface area (Å²) < 4.78 is 9.93. The Morgan fingerprint density at radius 2 is 2.05 bits per heavy atom. The molecule has 1 N–H and O–H groups in total. The van der Waals surface area contributed by atoms with E-state index in [2.05, 4.69) is 20.3 Å². The van der Waals surface area contributed by atoms with Gasteiger partial charge in [-0.25, -0.2) is 4.79 Å². The number of hydrogen-bond donors (Lipinski definition) is 1. The van der Waals surface area contributed by atoms with Gasteiger partial charge < -0.3 is 14.8 Å². The highest BCUT2D eigenvalue weighted by molar-refractivity contribution is 6.28. The molecule has 1 heterocycles. The van der Waals surface area contributed by atoms with Crippen molar-refractivity contribution in [3.05, 3.63) is 5.28 Å². The number of nitrogens with one attached hydrogen (secondary N) is 1. The fourth-order valence-corrected chi connectivity index (χ4v) is 1.73. The molecule has 0 saturated heterocycles. The van der Waals surface area contributed by atoms with Crippen LogP contribution in [0.2, 0.25) is 5.28 Å². The summed E-state index contributed by atoms with van der Waals surface area (Å²) >= 11 is 5.79. The summed E-state index contributed by atoms with van der Waals surface area (Å²) in [5.41, 5.74) is 0. The Morgan fingerprint density at radius 1 is 1.35 bits per heavy atom. The summed E-state index contributed by atoms with van der Waals surface area (Å²) in [7, 11) is 1.34. The van der Waals surface area contributed by atoms with Gasteiger partial charge in [-0.2, -0.15) is 15.0 Å². The van der Waals surface area contributed by atoms with Gasteiger partial charge in [-0.3, -0.25) is 0 Å². The van der Waals surface area contributed by atoms with Crippen LogP contribution in [0.1, 0.15) is 27.2 Å². The highest BCUT2D eigenvalue weighted by Crippen LogP contribution is 2.15. The highest BCUT2D eigenvalue weighted by atomic mass is 35.5. The number of rotatable bonds is 7. The first kappa shape index (κ1) is 16.4. The molecule has 0 aliphatic carbocycles. The number of halogens is 1. The van der Waals surface area contributed by atoms with Crippen molar-refractivity contribution in [1.29, 1.82) is 0 Å². The minimum absolute atomic E-state index is 0.000822. The molecule has 20 heavy (non-hydrogen) atoms. The normalized spacial score (nSPS) is 12.1. The Balaban J connectivity index is 2.89. The van der Waals surface area contributed by atoms with E-state index in [1.807, 2.05) is 13.8 Å². The van der Waals surface area contributed by atoms with Gasteiger partial charge in [0.1, 0.15) is 6.04 Å². The van der Waals surface area contributed by atoms with Gasteiger partial charge >= 0.3 is 12.0 Å². The molecule has 112 valence electrons. The van der Waals surface area contributed by atoms with Gasteiger partial charge in [0, 0.05) is 0 Å². The Labute approximate surface area is 123 Å².